The summed E-state index contributed by atoms with van der Waals surface area (Å²) in [5.74, 6) is -0.408. The van der Waals surface area contributed by atoms with Crippen LogP contribution in [-0.2, 0) is 4.79 Å². The van der Waals surface area contributed by atoms with Crippen molar-refractivity contribution in [2.24, 2.45) is 16.5 Å². The molecule has 0 aromatic rings. The van der Waals surface area contributed by atoms with Gasteiger partial charge in [-0.05, 0) is 6.08 Å². The fourth-order valence-corrected chi connectivity index (χ4v) is 1.21. The van der Waals surface area contributed by atoms with Crippen molar-refractivity contribution in [1.82, 2.24) is 5.32 Å². The number of allylic oxidation sites excluding steroid dienone is 2. The Labute approximate surface area is 93.7 Å². The number of rotatable bonds is 5. The maximum absolute atomic E-state index is 11.4. The van der Waals surface area contributed by atoms with Crippen LogP contribution in [-0.4, -0.2) is 42.8 Å². The Balaban J connectivity index is 2.81. The third-order valence-corrected chi connectivity index (χ3v) is 1.95. The summed E-state index contributed by atoms with van der Waals surface area (Å²) < 4.78 is 0. The van der Waals surface area contributed by atoms with Gasteiger partial charge in [-0.3, -0.25) is 9.79 Å². The van der Waals surface area contributed by atoms with Gasteiger partial charge in [0.2, 0.25) is 5.78 Å². The van der Waals surface area contributed by atoms with Crippen LogP contribution in [0.5, 0.6) is 0 Å². The van der Waals surface area contributed by atoms with Gasteiger partial charge in [-0.25, -0.2) is 0 Å². The molecule has 1 aliphatic rings. The van der Waals surface area contributed by atoms with Crippen LogP contribution < -0.4 is 16.8 Å². The highest BCUT2D eigenvalue weighted by Crippen LogP contribution is 2.10. The first kappa shape index (κ1) is 12.4. The fourth-order valence-electron chi connectivity index (χ4n) is 1.21. The molecule has 6 N–H and O–H groups in total. The minimum Gasteiger partial charge on any atom is -0.506 e. The molecule has 0 amide bonds. The Morgan fingerprint density at radius 3 is 2.69 bits per heavy atom. The van der Waals surface area contributed by atoms with Crippen molar-refractivity contribution < 1.29 is 9.90 Å². The van der Waals surface area contributed by atoms with E-state index in [-0.39, 0.29) is 11.5 Å². The number of nitrogens with one attached hydrogen (secondary N) is 1. The van der Waals surface area contributed by atoms with Crippen molar-refractivity contribution >= 4 is 11.5 Å². The minimum atomic E-state index is -0.316. The Kier molecular flexibility index (Phi) is 4.68. The van der Waals surface area contributed by atoms with Crippen molar-refractivity contribution in [3.05, 3.63) is 23.6 Å². The van der Waals surface area contributed by atoms with Gasteiger partial charge in [-0.15, -0.1) is 0 Å². The molecule has 0 fully saturated rings. The zero-order valence-corrected chi connectivity index (χ0v) is 8.94. The summed E-state index contributed by atoms with van der Waals surface area (Å²) in [5, 5.41) is 12.4. The second-order valence-electron chi connectivity index (χ2n) is 3.22. The van der Waals surface area contributed by atoms with Crippen molar-refractivity contribution in [1.29, 1.82) is 0 Å². The maximum Gasteiger partial charge on any atom is 0.207 e. The molecule has 0 spiro atoms. The number of carbonyl (C=O) groups excluding carboxylic acids is 1. The summed E-state index contributed by atoms with van der Waals surface area (Å²) in [6.07, 6.45) is 2.64. The molecule has 16 heavy (non-hydrogen) atoms. The van der Waals surface area contributed by atoms with E-state index < -0.39 is 0 Å². The summed E-state index contributed by atoms with van der Waals surface area (Å²) in [6.45, 7) is 1.72. The number of hydrogen-bond donors (Lipinski definition) is 4. The van der Waals surface area contributed by atoms with Crippen molar-refractivity contribution in [2.75, 3.05) is 26.2 Å². The van der Waals surface area contributed by atoms with Crippen LogP contribution in [0.1, 0.15) is 0 Å². The van der Waals surface area contributed by atoms with Gasteiger partial charge >= 0.3 is 0 Å². The van der Waals surface area contributed by atoms with Gasteiger partial charge in [0.25, 0.3) is 0 Å². The summed E-state index contributed by atoms with van der Waals surface area (Å²) in [5.41, 5.74) is 11.4. The number of aliphatic hydroxyl groups is 1. The third kappa shape index (κ3) is 3.18. The molecule has 0 aliphatic heterocycles. The summed E-state index contributed by atoms with van der Waals surface area (Å²) >= 11 is 0. The van der Waals surface area contributed by atoms with E-state index in [0.29, 0.717) is 37.6 Å². The summed E-state index contributed by atoms with van der Waals surface area (Å²) in [7, 11) is 0. The largest absolute Gasteiger partial charge is 0.506 e. The van der Waals surface area contributed by atoms with E-state index in [9.17, 15) is 9.90 Å². The molecule has 0 aromatic carbocycles. The van der Waals surface area contributed by atoms with Gasteiger partial charge < -0.3 is 21.9 Å². The number of ketones is 1. The van der Waals surface area contributed by atoms with Crippen LogP contribution >= 0.6 is 0 Å². The highest BCUT2D eigenvalue weighted by atomic mass is 16.3. The Morgan fingerprint density at radius 2 is 2.06 bits per heavy atom. The average Bonchev–Trinajstić information content (AvgIpc) is 2.26. The zero-order valence-electron chi connectivity index (χ0n) is 8.94. The van der Waals surface area contributed by atoms with E-state index in [4.69, 9.17) is 11.5 Å². The number of aliphatic imine (C=N–C) groups is 1. The minimum absolute atomic E-state index is 0.0925. The highest BCUT2D eigenvalue weighted by molar-refractivity contribution is 6.49. The van der Waals surface area contributed by atoms with Gasteiger partial charge in [0.15, 0.2) is 0 Å². The first-order chi connectivity index (χ1) is 7.69. The van der Waals surface area contributed by atoms with E-state index in [1.807, 2.05) is 0 Å². The molecular weight excluding hydrogens is 208 g/mol. The molecule has 1 rings (SSSR count). The molecule has 0 radical (unpaired) electrons. The van der Waals surface area contributed by atoms with Crippen LogP contribution in [0.25, 0.3) is 0 Å². The molecule has 0 aromatic heterocycles. The van der Waals surface area contributed by atoms with Crippen LogP contribution in [0, 0.1) is 0 Å². The van der Waals surface area contributed by atoms with Gasteiger partial charge in [-0.1, -0.05) is 0 Å². The smallest absolute Gasteiger partial charge is 0.207 e. The lowest BCUT2D eigenvalue weighted by atomic mass is 10.1. The number of nitrogens with two attached hydrogens (primary N) is 2. The van der Waals surface area contributed by atoms with E-state index in [1.165, 1.54) is 6.08 Å². The SMILES string of the molecule is NCCN=C1C=C(NCCN)C(O)=CC1=O. The Hall–Kier alpha value is -1.66. The molecule has 0 heterocycles. The van der Waals surface area contributed by atoms with Crippen LogP contribution in [0.4, 0.5) is 0 Å². The topological polar surface area (TPSA) is 114 Å². The van der Waals surface area contributed by atoms with Crippen LogP contribution in [0.2, 0.25) is 0 Å². The second kappa shape index (κ2) is 6.04. The second-order valence-corrected chi connectivity index (χ2v) is 3.22. The van der Waals surface area contributed by atoms with E-state index in [0.717, 1.165) is 6.08 Å². The molecule has 6 nitrogen and oxygen atoms in total. The van der Waals surface area contributed by atoms with Crippen LogP contribution in [0.15, 0.2) is 28.6 Å². The van der Waals surface area contributed by atoms with E-state index in [2.05, 4.69) is 10.3 Å². The number of aliphatic hydroxyl groups excluding tert-OH is 1. The number of nitrogens with zero attached hydrogens (tertiary/aromatic N) is 1. The van der Waals surface area contributed by atoms with Gasteiger partial charge in [-0.2, -0.15) is 0 Å². The first-order valence-electron chi connectivity index (χ1n) is 5.04. The number of hydrogen-bond acceptors (Lipinski definition) is 6. The maximum atomic E-state index is 11.4. The zero-order chi connectivity index (χ0) is 12.0. The Bertz CT molecular complexity index is 358. The molecule has 0 atom stereocenters. The van der Waals surface area contributed by atoms with Crippen molar-refractivity contribution in [3.8, 4) is 0 Å². The lowest BCUT2D eigenvalue weighted by Gasteiger charge is -2.13. The van der Waals surface area contributed by atoms with E-state index >= 15 is 0 Å². The van der Waals surface area contributed by atoms with Gasteiger partial charge in [0.05, 0.1) is 12.2 Å². The number of carbonyl (C=O) groups is 1. The highest BCUT2D eigenvalue weighted by Gasteiger charge is 2.17. The quantitative estimate of drug-likeness (QED) is 0.440. The van der Waals surface area contributed by atoms with Crippen LogP contribution in [0.3, 0.4) is 0 Å². The van der Waals surface area contributed by atoms with Crippen molar-refractivity contribution in [3.63, 3.8) is 0 Å². The van der Waals surface area contributed by atoms with Crippen molar-refractivity contribution in [2.45, 2.75) is 0 Å². The molecule has 1 aliphatic carbocycles. The first-order valence-corrected chi connectivity index (χ1v) is 5.04. The summed E-state index contributed by atoms with van der Waals surface area (Å²) in [4.78, 5) is 15.4. The summed E-state index contributed by atoms with van der Waals surface area (Å²) in [6, 6.07) is 0. The van der Waals surface area contributed by atoms with E-state index in [1.54, 1.807) is 0 Å². The van der Waals surface area contributed by atoms with Gasteiger partial charge in [0, 0.05) is 25.7 Å². The predicted octanol–water partition coefficient (Wildman–Crippen LogP) is -1.16. The molecular formula is C10H16N4O2. The van der Waals surface area contributed by atoms with Gasteiger partial charge in [0.1, 0.15) is 11.5 Å². The standard InChI is InChI=1S/C10H16N4O2/c11-1-3-13-7-5-8(14-4-2-12)10(16)6-9(7)15/h5-6,13,15H,1-4,11-12H2. The molecule has 0 saturated heterocycles. The fraction of sp³-hybridized carbons (Fsp3) is 0.400. The molecule has 0 bridgehead atoms. The molecule has 0 saturated carbocycles. The molecule has 0 unspecified atom stereocenters. The molecule has 6 heteroatoms. The Morgan fingerprint density at radius 1 is 1.31 bits per heavy atom. The lowest BCUT2D eigenvalue weighted by molar-refractivity contribution is -0.109. The lowest BCUT2D eigenvalue weighted by Crippen LogP contribution is -2.27. The monoisotopic (exact) mass is 224 g/mol. The molecule has 88 valence electrons. The average molecular weight is 224 g/mol. The third-order valence-electron chi connectivity index (χ3n) is 1.95. The normalized spacial score (nSPS) is 18.4. The predicted molar refractivity (Wildman–Crippen MR) is 62.2 cm³/mol.